The van der Waals surface area contributed by atoms with Gasteiger partial charge in [-0.1, -0.05) is 212 Å². The first-order valence-corrected chi connectivity index (χ1v) is 26.1. The normalized spacial score (nSPS) is 12.9. The highest BCUT2D eigenvalue weighted by Crippen LogP contribution is 2.64. The van der Waals surface area contributed by atoms with Crippen LogP contribution in [0.25, 0.3) is 104 Å². The number of aromatic nitrogens is 1. The smallest absolute Gasteiger partial charge is 0.0726 e. The highest BCUT2D eigenvalue weighted by molar-refractivity contribution is 6.26. The molecule has 2 aliphatic carbocycles. The number of nitrogens with zero attached hydrogens (tertiary/aromatic N) is 2. The van der Waals surface area contributed by atoms with Crippen molar-refractivity contribution in [1.82, 2.24) is 4.57 Å². The number of hydrogen-bond acceptors (Lipinski definition) is 1. The SMILES string of the molecule is c1ccc(-n2c3ccccc3c3cc(-c4cccc(-c5ccc(N(c6ccc7c8ccccc8c8ccccc8c7c6)c6cccc7c6-c6ccccc6C76c7ccccc7-c7ccccc76)cc5)c4)ccc32)cc1. The minimum atomic E-state index is -0.461. The molecule has 0 amide bonds. The maximum Gasteiger partial charge on any atom is 0.0726 e. The molecule has 1 heterocycles. The largest absolute Gasteiger partial charge is 0.310 e. The van der Waals surface area contributed by atoms with E-state index in [2.05, 4.69) is 289 Å². The van der Waals surface area contributed by atoms with E-state index in [0.717, 1.165) is 17.1 Å². The number of hydrogen-bond donors (Lipinski definition) is 0. The molecule has 0 unspecified atom stereocenters. The van der Waals surface area contributed by atoms with E-state index in [0.29, 0.717) is 0 Å². The summed E-state index contributed by atoms with van der Waals surface area (Å²) in [5.74, 6) is 0. The lowest BCUT2D eigenvalue weighted by atomic mass is 9.70. The van der Waals surface area contributed by atoms with Crippen molar-refractivity contribution in [2.75, 3.05) is 4.90 Å². The Morgan fingerprint density at radius 2 is 0.747 bits per heavy atom. The monoisotopic (exact) mass is 950 g/mol. The lowest BCUT2D eigenvalue weighted by Crippen LogP contribution is -2.26. The van der Waals surface area contributed by atoms with Gasteiger partial charge >= 0.3 is 0 Å². The Morgan fingerprint density at radius 1 is 0.267 bits per heavy atom. The van der Waals surface area contributed by atoms with Crippen molar-refractivity contribution in [2.24, 2.45) is 0 Å². The van der Waals surface area contributed by atoms with E-state index in [1.165, 1.54) is 127 Å². The predicted octanol–water partition coefficient (Wildman–Crippen LogP) is 19.4. The quantitative estimate of drug-likeness (QED) is 0.151. The summed E-state index contributed by atoms with van der Waals surface area (Å²) in [5.41, 5.74) is 21.7. The van der Waals surface area contributed by atoms with E-state index >= 15 is 0 Å². The Labute approximate surface area is 435 Å². The Balaban J connectivity index is 0.873. The van der Waals surface area contributed by atoms with Crippen molar-refractivity contribution in [3.8, 4) is 50.2 Å². The van der Waals surface area contributed by atoms with Crippen LogP contribution in [-0.2, 0) is 5.41 Å². The van der Waals surface area contributed by atoms with Crippen LogP contribution in [0.3, 0.4) is 0 Å². The molecule has 1 spiro atoms. The number of anilines is 3. The van der Waals surface area contributed by atoms with Gasteiger partial charge in [0.2, 0.25) is 0 Å². The lowest BCUT2D eigenvalue weighted by molar-refractivity contribution is 0.794. The van der Waals surface area contributed by atoms with Gasteiger partial charge in [-0.3, -0.25) is 0 Å². The van der Waals surface area contributed by atoms with Gasteiger partial charge in [0.05, 0.1) is 22.1 Å². The third-order valence-electron chi connectivity index (χ3n) is 16.6. The van der Waals surface area contributed by atoms with Crippen LogP contribution in [0.1, 0.15) is 22.3 Å². The molecular formula is C73H46N2. The summed E-state index contributed by atoms with van der Waals surface area (Å²) in [4.78, 5) is 2.52. The van der Waals surface area contributed by atoms with Crippen LogP contribution in [-0.4, -0.2) is 4.57 Å². The summed E-state index contributed by atoms with van der Waals surface area (Å²) < 4.78 is 2.38. The molecule has 0 saturated carbocycles. The first-order valence-electron chi connectivity index (χ1n) is 26.1. The van der Waals surface area contributed by atoms with Crippen LogP contribution < -0.4 is 4.90 Å². The zero-order chi connectivity index (χ0) is 49.2. The van der Waals surface area contributed by atoms with Gasteiger partial charge in [0, 0.05) is 33.4 Å². The van der Waals surface area contributed by atoms with Crippen molar-refractivity contribution < 1.29 is 0 Å². The van der Waals surface area contributed by atoms with Crippen LogP contribution in [0.2, 0.25) is 0 Å². The Morgan fingerprint density at radius 3 is 1.44 bits per heavy atom. The second-order valence-corrected chi connectivity index (χ2v) is 20.3. The molecule has 0 atom stereocenters. The van der Waals surface area contributed by atoms with E-state index in [-0.39, 0.29) is 0 Å². The summed E-state index contributed by atoms with van der Waals surface area (Å²) in [6.07, 6.45) is 0. The second kappa shape index (κ2) is 16.1. The zero-order valence-electron chi connectivity index (χ0n) is 41.0. The molecule has 2 nitrogen and oxygen atoms in total. The standard InChI is InChI=1S/C73H46N2/c1-2-20-51(21-3-1)75-69-34-15-11-28-61(69)64-45-50(38-43-70(64)75)49-19-16-18-48(44-49)47-36-39-52(40-37-47)74(53-41-42-58-56-24-5-4-22-54(56)55-23-6-7-25-57(55)63(58)46-53)71-35-17-33-68-72(71)62-29-10-14-32-67(62)73(68)65-30-12-8-26-59(65)60-27-9-13-31-66(60)73/h1-46H. The maximum absolute atomic E-state index is 2.52. The molecule has 75 heavy (non-hydrogen) atoms. The molecule has 1 aromatic heterocycles. The molecule has 2 heteroatoms. The fourth-order valence-electron chi connectivity index (χ4n) is 13.5. The van der Waals surface area contributed by atoms with E-state index in [1.807, 2.05) is 0 Å². The molecular weight excluding hydrogens is 905 g/mol. The van der Waals surface area contributed by atoms with Crippen LogP contribution in [0.4, 0.5) is 17.1 Å². The maximum atomic E-state index is 2.52. The first kappa shape index (κ1) is 41.8. The van der Waals surface area contributed by atoms with Crippen molar-refractivity contribution in [2.45, 2.75) is 5.41 Å². The van der Waals surface area contributed by atoms with Gasteiger partial charge in [0.1, 0.15) is 0 Å². The zero-order valence-corrected chi connectivity index (χ0v) is 41.0. The summed E-state index contributed by atoms with van der Waals surface area (Å²) in [5, 5.41) is 10.1. The Kier molecular flexibility index (Phi) is 8.99. The number of rotatable bonds is 6. The minimum Gasteiger partial charge on any atom is -0.310 e. The molecule has 2 aliphatic rings. The van der Waals surface area contributed by atoms with Crippen molar-refractivity contribution in [3.63, 3.8) is 0 Å². The summed E-state index contributed by atoms with van der Waals surface area (Å²) in [6.45, 7) is 0. The molecule has 13 aromatic carbocycles. The predicted molar refractivity (Wildman–Crippen MR) is 315 cm³/mol. The summed E-state index contributed by atoms with van der Waals surface area (Å²) in [6, 6.07) is 104. The topological polar surface area (TPSA) is 8.17 Å². The van der Waals surface area contributed by atoms with Gasteiger partial charge in [-0.05, 0) is 160 Å². The fraction of sp³-hybridized carbons (Fsp3) is 0.0137. The van der Waals surface area contributed by atoms with Gasteiger partial charge in [0.25, 0.3) is 0 Å². The molecule has 0 fully saturated rings. The fourth-order valence-corrected chi connectivity index (χ4v) is 13.5. The molecule has 0 aliphatic heterocycles. The average Bonchev–Trinajstić information content (AvgIpc) is 4.29. The van der Waals surface area contributed by atoms with E-state index < -0.39 is 5.41 Å². The highest BCUT2D eigenvalue weighted by atomic mass is 15.1. The molecule has 348 valence electrons. The molecule has 16 rings (SSSR count). The highest BCUT2D eigenvalue weighted by Gasteiger charge is 2.52. The first-order chi connectivity index (χ1) is 37.2. The van der Waals surface area contributed by atoms with Crippen LogP contribution in [0, 0.1) is 0 Å². The van der Waals surface area contributed by atoms with Gasteiger partial charge < -0.3 is 9.47 Å². The number of benzene rings is 13. The third kappa shape index (κ3) is 5.97. The van der Waals surface area contributed by atoms with E-state index in [1.54, 1.807) is 0 Å². The summed E-state index contributed by atoms with van der Waals surface area (Å²) in [7, 11) is 0. The molecule has 0 saturated heterocycles. The van der Waals surface area contributed by atoms with Crippen molar-refractivity contribution in [3.05, 3.63) is 301 Å². The van der Waals surface area contributed by atoms with Gasteiger partial charge in [-0.25, -0.2) is 0 Å². The van der Waals surface area contributed by atoms with Crippen molar-refractivity contribution in [1.29, 1.82) is 0 Å². The van der Waals surface area contributed by atoms with Gasteiger partial charge in [-0.15, -0.1) is 0 Å². The lowest BCUT2D eigenvalue weighted by Gasteiger charge is -2.32. The third-order valence-corrected chi connectivity index (χ3v) is 16.6. The van der Waals surface area contributed by atoms with Crippen LogP contribution >= 0.6 is 0 Å². The van der Waals surface area contributed by atoms with E-state index in [9.17, 15) is 0 Å². The molecule has 0 radical (unpaired) electrons. The average molecular weight is 951 g/mol. The van der Waals surface area contributed by atoms with Gasteiger partial charge in [-0.2, -0.15) is 0 Å². The summed E-state index contributed by atoms with van der Waals surface area (Å²) >= 11 is 0. The minimum absolute atomic E-state index is 0.461. The van der Waals surface area contributed by atoms with Crippen LogP contribution in [0.5, 0.6) is 0 Å². The Bertz CT molecular complexity index is 4570. The molecule has 0 bridgehead atoms. The number of para-hydroxylation sites is 2. The molecule has 14 aromatic rings. The Hall–Kier alpha value is -9.76. The van der Waals surface area contributed by atoms with Crippen LogP contribution in [0.15, 0.2) is 279 Å². The number of fused-ring (bicyclic) bond motifs is 19. The van der Waals surface area contributed by atoms with E-state index in [4.69, 9.17) is 0 Å². The van der Waals surface area contributed by atoms with Crippen molar-refractivity contribution >= 4 is 71.2 Å². The van der Waals surface area contributed by atoms with Gasteiger partial charge in [0.15, 0.2) is 0 Å². The second-order valence-electron chi connectivity index (χ2n) is 20.3. The molecule has 0 N–H and O–H groups in total.